The number of ether oxygens (including phenoxy) is 1. The van der Waals surface area contributed by atoms with Gasteiger partial charge in [-0.15, -0.1) is 0 Å². The Morgan fingerprint density at radius 2 is 2.24 bits per heavy atom. The third-order valence-corrected chi connectivity index (χ3v) is 4.15. The number of halogens is 1. The average Bonchev–Trinajstić information content (AvgIpc) is 2.50. The maximum absolute atomic E-state index is 12.3. The highest BCUT2D eigenvalue weighted by molar-refractivity contribution is 6.30. The largest absolute Gasteiger partial charge is 0.379 e. The van der Waals surface area contributed by atoms with Crippen LogP contribution in [0.25, 0.3) is 0 Å². The Hall–Kier alpha value is -1.17. The van der Waals surface area contributed by atoms with Crippen LogP contribution in [0.2, 0.25) is 5.15 Å². The summed E-state index contributed by atoms with van der Waals surface area (Å²) in [6, 6.07) is 3.95. The molecule has 1 saturated heterocycles. The molecular weight excluding hydrogens is 290 g/mol. The van der Waals surface area contributed by atoms with Crippen LogP contribution in [0, 0.1) is 0 Å². The molecule has 21 heavy (non-hydrogen) atoms. The lowest BCUT2D eigenvalue weighted by Crippen LogP contribution is -2.44. The number of amides is 1. The van der Waals surface area contributed by atoms with Crippen LogP contribution in [-0.4, -0.2) is 60.1 Å². The standard InChI is InChI=1S/C15H22ClN3O2/c1-12(19-6-8-21-9-7-19)10-14(20)18(2)11-13-4-3-5-17-15(13)16/h3-5,12H,6-11H2,1-2H3/t12-/m0/s1. The van der Waals surface area contributed by atoms with Gasteiger partial charge in [-0.2, -0.15) is 0 Å². The molecule has 0 N–H and O–H groups in total. The fourth-order valence-electron chi connectivity index (χ4n) is 2.44. The van der Waals surface area contributed by atoms with E-state index in [4.69, 9.17) is 16.3 Å². The molecule has 2 heterocycles. The summed E-state index contributed by atoms with van der Waals surface area (Å²) in [6.45, 7) is 5.87. The minimum Gasteiger partial charge on any atom is -0.379 e. The van der Waals surface area contributed by atoms with Gasteiger partial charge in [-0.05, 0) is 13.0 Å². The molecule has 1 atom stereocenters. The number of morpholine rings is 1. The Kier molecular flexibility index (Phi) is 5.96. The second-order valence-electron chi connectivity index (χ2n) is 5.40. The average molecular weight is 312 g/mol. The second kappa shape index (κ2) is 7.73. The summed E-state index contributed by atoms with van der Waals surface area (Å²) in [5.41, 5.74) is 0.869. The van der Waals surface area contributed by atoms with Crippen molar-refractivity contribution < 1.29 is 9.53 Å². The molecule has 1 aromatic heterocycles. The summed E-state index contributed by atoms with van der Waals surface area (Å²) in [7, 11) is 1.80. The van der Waals surface area contributed by atoms with Crippen LogP contribution in [0.15, 0.2) is 18.3 Å². The van der Waals surface area contributed by atoms with Gasteiger partial charge in [0.05, 0.1) is 13.2 Å². The molecule has 6 heteroatoms. The summed E-state index contributed by atoms with van der Waals surface area (Å²) < 4.78 is 5.34. The first kappa shape index (κ1) is 16.2. The molecule has 0 aromatic carbocycles. The minimum atomic E-state index is 0.119. The number of pyridine rings is 1. The van der Waals surface area contributed by atoms with Gasteiger partial charge in [0.15, 0.2) is 0 Å². The predicted molar refractivity (Wildman–Crippen MR) is 82.2 cm³/mol. The lowest BCUT2D eigenvalue weighted by molar-refractivity contribution is -0.132. The number of carbonyl (C=O) groups is 1. The smallest absolute Gasteiger partial charge is 0.224 e. The van der Waals surface area contributed by atoms with E-state index in [1.165, 1.54) is 0 Å². The quantitative estimate of drug-likeness (QED) is 0.778. The molecule has 0 bridgehead atoms. The molecule has 1 amide bonds. The van der Waals surface area contributed by atoms with Crippen molar-refractivity contribution in [1.29, 1.82) is 0 Å². The summed E-state index contributed by atoms with van der Waals surface area (Å²) in [6.07, 6.45) is 2.16. The molecule has 0 aliphatic carbocycles. The summed E-state index contributed by atoms with van der Waals surface area (Å²) >= 11 is 6.03. The molecule has 1 fully saturated rings. The highest BCUT2D eigenvalue weighted by Gasteiger charge is 2.21. The second-order valence-corrected chi connectivity index (χ2v) is 5.76. The Morgan fingerprint density at radius 1 is 1.52 bits per heavy atom. The first-order chi connectivity index (χ1) is 10.1. The Bertz CT molecular complexity index is 478. The molecule has 2 rings (SSSR count). The third kappa shape index (κ3) is 4.66. The van der Waals surface area contributed by atoms with E-state index in [9.17, 15) is 4.79 Å². The predicted octanol–water partition coefficient (Wildman–Crippen LogP) is 1.80. The van der Waals surface area contributed by atoms with E-state index >= 15 is 0 Å². The van der Waals surface area contributed by atoms with Crippen molar-refractivity contribution in [1.82, 2.24) is 14.8 Å². The van der Waals surface area contributed by atoms with Crippen molar-refractivity contribution in [3.05, 3.63) is 29.0 Å². The lowest BCUT2D eigenvalue weighted by Gasteiger charge is -2.32. The summed E-state index contributed by atoms with van der Waals surface area (Å²) in [4.78, 5) is 20.4. The van der Waals surface area contributed by atoms with Gasteiger partial charge in [0.2, 0.25) is 5.91 Å². The maximum atomic E-state index is 12.3. The van der Waals surface area contributed by atoms with Gasteiger partial charge in [-0.3, -0.25) is 9.69 Å². The number of nitrogens with zero attached hydrogens (tertiary/aromatic N) is 3. The van der Waals surface area contributed by atoms with Crippen LogP contribution in [0.5, 0.6) is 0 Å². The van der Waals surface area contributed by atoms with Gasteiger partial charge in [0.25, 0.3) is 0 Å². The summed E-state index contributed by atoms with van der Waals surface area (Å²) in [5.74, 6) is 0.119. The topological polar surface area (TPSA) is 45.7 Å². The molecule has 0 unspecified atom stereocenters. The SMILES string of the molecule is C[C@@H](CC(=O)N(C)Cc1cccnc1Cl)N1CCOCC1. The molecular formula is C15H22ClN3O2. The highest BCUT2D eigenvalue weighted by atomic mass is 35.5. The normalized spacial score (nSPS) is 17.5. The summed E-state index contributed by atoms with van der Waals surface area (Å²) in [5, 5.41) is 0.457. The zero-order valence-electron chi connectivity index (χ0n) is 12.6. The van der Waals surface area contributed by atoms with Crippen LogP contribution >= 0.6 is 11.6 Å². The van der Waals surface area contributed by atoms with Crippen molar-refractivity contribution in [2.45, 2.75) is 25.9 Å². The zero-order chi connectivity index (χ0) is 15.2. The zero-order valence-corrected chi connectivity index (χ0v) is 13.3. The van der Waals surface area contributed by atoms with E-state index in [1.54, 1.807) is 18.1 Å². The number of rotatable bonds is 5. The van der Waals surface area contributed by atoms with Crippen LogP contribution in [0.1, 0.15) is 18.9 Å². The molecule has 0 radical (unpaired) electrons. The number of hydrogen-bond donors (Lipinski definition) is 0. The van der Waals surface area contributed by atoms with Gasteiger partial charge < -0.3 is 9.64 Å². The molecule has 116 valence electrons. The van der Waals surface area contributed by atoms with E-state index in [0.29, 0.717) is 18.1 Å². The molecule has 5 nitrogen and oxygen atoms in total. The Balaban J connectivity index is 1.86. The fraction of sp³-hybridized carbons (Fsp3) is 0.600. The molecule has 0 spiro atoms. The molecule has 1 aromatic rings. The van der Waals surface area contributed by atoms with Crippen LogP contribution in [0.3, 0.4) is 0 Å². The van der Waals surface area contributed by atoms with Gasteiger partial charge in [0, 0.05) is 50.9 Å². The van der Waals surface area contributed by atoms with E-state index in [0.717, 1.165) is 31.9 Å². The minimum absolute atomic E-state index is 0.119. The van der Waals surface area contributed by atoms with Gasteiger partial charge in [-0.25, -0.2) is 4.98 Å². The van der Waals surface area contributed by atoms with E-state index < -0.39 is 0 Å². The van der Waals surface area contributed by atoms with Crippen molar-refractivity contribution in [2.24, 2.45) is 0 Å². The number of carbonyl (C=O) groups excluding carboxylic acids is 1. The van der Waals surface area contributed by atoms with Crippen LogP contribution < -0.4 is 0 Å². The van der Waals surface area contributed by atoms with Crippen molar-refractivity contribution >= 4 is 17.5 Å². The fourth-order valence-corrected chi connectivity index (χ4v) is 2.62. The van der Waals surface area contributed by atoms with Crippen LogP contribution in [0.4, 0.5) is 0 Å². The highest BCUT2D eigenvalue weighted by Crippen LogP contribution is 2.15. The monoisotopic (exact) mass is 311 g/mol. The van der Waals surface area contributed by atoms with Gasteiger partial charge >= 0.3 is 0 Å². The van der Waals surface area contributed by atoms with Gasteiger partial charge in [0.1, 0.15) is 5.15 Å². The van der Waals surface area contributed by atoms with E-state index in [1.807, 2.05) is 12.1 Å². The lowest BCUT2D eigenvalue weighted by atomic mass is 10.1. The van der Waals surface area contributed by atoms with E-state index in [2.05, 4.69) is 16.8 Å². The first-order valence-electron chi connectivity index (χ1n) is 7.23. The Morgan fingerprint density at radius 3 is 2.90 bits per heavy atom. The maximum Gasteiger partial charge on any atom is 0.224 e. The molecule has 1 aliphatic heterocycles. The third-order valence-electron chi connectivity index (χ3n) is 3.81. The van der Waals surface area contributed by atoms with Crippen LogP contribution in [-0.2, 0) is 16.1 Å². The molecule has 0 saturated carbocycles. The van der Waals surface area contributed by atoms with Crippen molar-refractivity contribution in [3.8, 4) is 0 Å². The number of hydrogen-bond acceptors (Lipinski definition) is 4. The first-order valence-corrected chi connectivity index (χ1v) is 7.61. The number of aromatic nitrogens is 1. The van der Waals surface area contributed by atoms with E-state index in [-0.39, 0.29) is 11.9 Å². The Labute approximate surface area is 130 Å². The molecule has 1 aliphatic rings. The van der Waals surface area contributed by atoms with Crippen molar-refractivity contribution in [3.63, 3.8) is 0 Å². The van der Waals surface area contributed by atoms with Gasteiger partial charge in [-0.1, -0.05) is 17.7 Å². The van der Waals surface area contributed by atoms with Crippen molar-refractivity contribution in [2.75, 3.05) is 33.4 Å².